The maximum Gasteiger partial charge on any atom is 0.324 e. The molecule has 2 atom stereocenters. The van der Waals surface area contributed by atoms with Gasteiger partial charge in [0.25, 0.3) is 5.91 Å². The highest BCUT2D eigenvalue weighted by Crippen LogP contribution is 2.25. The van der Waals surface area contributed by atoms with E-state index in [0.29, 0.717) is 16.6 Å². The normalized spacial score (nSPS) is 21.2. The zero-order valence-corrected chi connectivity index (χ0v) is 15.4. The Balaban J connectivity index is 1.59. The summed E-state index contributed by atoms with van der Waals surface area (Å²) in [6.07, 6.45) is 0.382. The third-order valence-corrected chi connectivity index (χ3v) is 5.49. The summed E-state index contributed by atoms with van der Waals surface area (Å²) in [5.41, 5.74) is 0.888. The molecule has 2 unspecified atom stereocenters. The lowest BCUT2D eigenvalue weighted by atomic mass is 10.2. The summed E-state index contributed by atoms with van der Waals surface area (Å²) in [4.78, 5) is 29.3. The van der Waals surface area contributed by atoms with Gasteiger partial charge in [0.05, 0.1) is 27.7 Å². The molecule has 0 bridgehead atoms. The van der Waals surface area contributed by atoms with Gasteiger partial charge in [-0.15, -0.1) is 11.3 Å². The zero-order valence-electron chi connectivity index (χ0n) is 13.8. The highest BCUT2D eigenvalue weighted by molar-refractivity contribution is 7.17. The number of thiazole rings is 1. The summed E-state index contributed by atoms with van der Waals surface area (Å²) < 4.78 is 5.72. The van der Waals surface area contributed by atoms with Gasteiger partial charge in [-0.2, -0.15) is 0 Å². The van der Waals surface area contributed by atoms with Crippen LogP contribution in [0.15, 0.2) is 17.5 Å². The molecule has 3 rings (SSSR count). The first-order chi connectivity index (χ1) is 11.9. The lowest BCUT2D eigenvalue weighted by Gasteiger charge is -2.34. The number of nitrogens with zero attached hydrogens (tertiary/aromatic N) is 3. The number of amides is 1. The minimum atomic E-state index is -0.507. The van der Waals surface area contributed by atoms with Gasteiger partial charge in [-0.3, -0.25) is 25.1 Å². The maximum absolute atomic E-state index is 12.2. The summed E-state index contributed by atoms with van der Waals surface area (Å²) in [5, 5.41) is 15.7. The van der Waals surface area contributed by atoms with Crippen LogP contribution in [0.2, 0.25) is 0 Å². The van der Waals surface area contributed by atoms with Crippen molar-refractivity contribution in [1.29, 1.82) is 0 Å². The number of carbonyl (C=O) groups is 1. The quantitative estimate of drug-likeness (QED) is 0.631. The van der Waals surface area contributed by atoms with Crippen LogP contribution in [0.4, 0.5) is 10.1 Å². The van der Waals surface area contributed by atoms with Crippen molar-refractivity contribution in [3.8, 4) is 0 Å². The van der Waals surface area contributed by atoms with Crippen LogP contribution in [0, 0.1) is 10.1 Å². The van der Waals surface area contributed by atoms with E-state index in [1.54, 1.807) is 0 Å². The minimum Gasteiger partial charge on any atom is -0.373 e. The van der Waals surface area contributed by atoms with Gasteiger partial charge in [0.15, 0.2) is 5.13 Å². The van der Waals surface area contributed by atoms with Crippen molar-refractivity contribution in [2.24, 2.45) is 0 Å². The fraction of sp³-hybridized carbons (Fsp3) is 0.467. The average Bonchev–Trinajstić information content (AvgIpc) is 3.15. The summed E-state index contributed by atoms with van der Waals surface area (Å²) in [7, 11) is 0. The van der Waals surface area contributed by atoms with Gasteiger partial charge in [0, 0.05) is 31.1 Å². The Morgan fingerprint density at radius 1 is 1.44 bits per heavy atom. The van der Waals surface area contributed by atoms with E-state index in [9.17, 15) is 14.9 Å². The van der Waals surface area contributed by atoms with Crippen LogP contribution in [-0.2, 0) is 11.3 Å². The van der Waals surface area contributed by atoms with Crippen LogP contribution >= 0.6 is 22.7 Å². The minimum absolute atomic E-state index is 0.0551. The lowest BCUT2D eigenvalue weighted by Crippen LogP contribution is -2.44. The molecule has 2 aromatic heterocycles. The molecule has 1 fully saturated rings. The van der Waals surface area contributed by atoms with E-state index in [-0.39, 0.29) is 23.1 Å². The number of anilines is 1. The van der Waals surface area contributed by atoms with Crippen molar-refractivity contribution in [2.75, 3.05) is 18.4 Å². The molecule has 8 nitrogen and oxygen atoms in total. The van der Waals surface area contributed by atoms with Crippen molar-refractivity contribution in [3.05, 3.63) is 38.2 Å². The average molecular weight is 382 g/mol. The second-order valence-electron chi connectivity index (χ2n) is 5.94. The topological polar surface area (TPSA) is 97.6 Å². The van der Waals surface area contributed by atoms with E-state index in [1.807, 2.05) is 5.38 Å². The standard InChI is InChI=1S/C15H18N4O4S2/c1-9-5-18(6-10(2)23-9)7-11-8-24-15(16-11)17-14(20)12-3-4-13(25-12)19(21)22/h3-4,8-10H,5-7H2,1-2H3,(H,16,17,20). The Labute approximate surface area is 152 Å². The van der Waals surface area contributed by atoms with E-state index in [0.717, 1.165) is 30.1 Å². The Kier molecular flexibility index (Phi) is 5.42. The molecule has 0 saturated carbocycles. The maximum atomic E-state index is 12.2. The molecule has 1 saturated heterocycles. The van der Waals surface area contributed by atoms with Gasteiger partial charge in [-0.05, 0) is 19.9 Å². The lowest BCUT2D eigenvalue weighted by molar-refractivity contribution is -0.380. The molecule has 0 radical (unpaired) electrons. The molecule has 10 heteroatoms. The van der Waals surface area contributed by atoms with Crippen LogP contribution in [-0.4, -0.2) is 46.0 Å². The largest absolute Gasteiger partial charge is 0.373 e. The van der Waals surface area contributed by atoms with E-state index in [2.05, 4.69) is 29.0 Å². The van der Waals surface area contributed by atoms with Gasteiger partial charge in [-0.1, -0.05) is 11.3 Å². The van der Waals surface area contributed by atoms with Crippen LogP contribution in [0.25, 0.3) is 0 Å². The first-order valence-electron chi connectivity index (χ1n) is 7.78. The van der Waals surface area contributed by atoms with Gasteiger partial charge in [0.1, 0.15) is 0 Å². The summed E-state index contributed by atoms with van der Waals surface area (Å²) in [6, 6.07) is 2.77. The fourth-order valence-electron chi connectivity index (χ4n) is 2.79. The molecule has 3 heterocycles. The monoisotopic (exact) mass is 382 g/mol. The molecule has 0 aromatic carbocycles. The van der Waals surface area contributed by atoms with Crippen molar-refractivity contribution in [3.63, 3.8) is 0 Å². The van der Waals surface area contributed by atoms with Crippen LogP contribution in [0.1, 0.15) is 29.2 Å². The van der Waals surface area contributed by atoms with Crippen LogP contribution < -0.4 is 5.32 Å². The van der Waals surface area contributed by atoms with Gasteiger partial charge < -0.3 is 4.74 Å². The molecule has 0 aliphatic carbocycles. The molecule has 1 N–H and O–H groups in total. The number of ether oxygens (including phenoxy) is 1. The van der Waals surface area contributed by atoms with Crippen molar-refractivity contribution in [2.45, 2.75) is 32.6 Å². The zero-order chi connectivity index (χ0) is 18.0. The van der Waals surface area contributed by atoms with Gasteiger partial charge in [-0.25, -0.2) is 4.98 Å². The predicted molar refractivity (Wildman–Crippen MR) is 96.3 cm³/mol. The molecule has 2 aromatic rings. The predicted octanol–water partition coefficient (Wildman–Crippen LogP) is 2.97. The number of hydrogen-bond acceptors (Lipinski definition) is 8. The van der Waals surface area contributed by atoms with E-state index in [1.165, 1.54) is 23.5 Å². The number of thiophene rings is 1. The summed E-state index contributed by atoms with van der Waals surface area (Å²) >= 11 is 2.19. The molecule has 25 heavy (non-hydrogen) atoms. The molecule has 134 valence electrons. The number of nitro groups is 1. The molecular weight excluding hydrogens is 364 g/mol. The fourth-order valence-corrected chi connectivity index (χ4v) is 4.20. The number of hydrogen-bond donors (Lipinski definition) is 1. The number of aromatic nitrogens is 1. The van der Waals surface area contributed by atoms with Crippen LogP contribution in [0.3, 0.4) is 0 Å². The summed E-state index contributed by atoms with van der Waals surface area (Å²) in [5.74, 6) is -0.382. The second-order valence-corrected chi connectivity index (χ2v) is 7.86. The molecule has 1 aliphatic rings. The number of morpholine rings is 1. The second kappa shape index (κ2) is 7.56. The first-order valence-corrected chi connectivity index (χ1v) is 9.48. The Morgan fingerprint density at radius 2 is 2.16 bits per heavy atom. The Bertz CT molecular complexity index is 765. The molecule has 1 amide bonds. The Morgan fingerprint density at radius 3 is 2.80 bits per heavy atom. The van der Waals surface area contributed by atoms with Crippen molar-refractivity contribution in [1.82, 2.24) is 9.88 Å². The first kappa shape index (κ1) is 17.9. The Hall–Kier alpha value is -1.88. The smallest absolute Gasteiger partial charge is 0.324 e. The highest BCUT2D eigenvalue weighted by Gasteiger charge is 2.23. The SMILES string of the molecule is CC1CN(Cc2csc(NC(=O)c3ccc([N+](=O)[O-])s3)n2)CC(C)O1. The summed E-state index contributed by atoms with van der Waals surface area (Å²) in [6.45, 7) is 6.50. The number of carbonyl (C=O) groups excluding carboxylic acids is 1. The molecule has 0 spiro atoms. The van der Waals surface area contributed by atoms with Crippen molar-refractivity contribution >= 4 is 38.7 Å². The molecular formula is C15H18N4O4S2. The van der Waals surface area contributed by atoms with E-state index in [4.69, 9.17) is 4.74 Å². The number of nitrogens with one attached hydrogen (secondary N) is 1. The third-order valence-electron chi connectivity index (χ3n) is 3.65. The number of rotatable bonds is 5. The highest BCUT2D eigenvalue weighted by atomic mass is 32.1. The van der Waals surface area contributed by atoms with E-state index >= 15 is 0 Å². The van der Waals surface area contributed by atoms with E-state index < -0.39 is 4.92 Å². The van der Waals surface area contributed by atoms with Gasteiger partial charge in [0.2, 0.25) is 0 Å². The van der Waals surface area contributed by atoms with Crippen LogP contribution in [0.5, 0.6) is 0 Å². The van der Waals surface area contributed by atoms with Gasteiger partial charge >= 0.3 is 5.00 Å². The third kappa shape index (κ3) is 4.60. The molecule has 1 aliphatic heterocycles. The van der Waals surface area contributed by atoms with Crippen molar-refractivity contribution < 1.29 is 14.5 Å².